The van der Waals surface area contributed by atoms with Gasteiger partial charge in [0.15, 0.2) is 0 Å². The monoisotopic (exact) mass is 130 g/mol. The van der Waals surface area contributed by atoms with Crippen LogP contribution in [0, 0.1) is 0 Å². The molecular weight excluding hydrogens is 124 g/mol. The highest BCUT2D eigenvalue weighted by Crippen LogP contribution is 2.21. The van der Waals surface area contributed by atoms with E-state index in [1.165, 1.54) is 0 Å². The van der Waals surface area contributed by atoms with Crippen molar-refractivity contribution in [2.75, 3.05) is 0 Å². The third kappa shape index (κ3) is 0.652. The SMILES string of the molecule is Oc1ccc2c(c1)C=C=C2. The summed E-state index contributed by atoms with van der Waals surface area (Å²) in [5.74, 6) is 0.312. The van der Waals surface area contributed by atoms with E-state index < -0.39 is 0 Å². The van der Waals surface area contributed by atoms with Gasteiger partial charge in [-0.05, 0) is 35.4 Å². The fraction of sp³-hybridized carbons (Fsp3) is 0. The highest BCUT2D eigenvalue weighted by molar-refractivity contribution is 5.73. The summed E-state index contributed by atoms with van der Waals surface area (Å²) < 4.78 is 0. The maximum absolute atomic E-state index is 9.03. The average molecular weight is 130 g/mol. The van der Waals surface area contributed by atoms with Crippen LogP contribution in [0.25, 0.3) is 12.2 Å². The molecule has 1 N–H and O–H groups in total. The molecule has 0 saturated carbocycles. The van der Waals surface area contributed by atoms with Gasteiger partial charge < -0.3 is 5.11 Å². The highest BCUT2D eigenvalue weighted by atomic mass is 16.3. The fourth-order valence-corrected chi connectivity index (χ4v) is 1.04. The lowest BCUT2D eigenvalue weighted by molar-refractivity contribution is 0.475. The van der Waals surface area contributed by atoms with Gasteiger partial charge in [-0.15, -0.1) is 5.73 Å². The van der Waals surface area contributed by atoms with Crippen LogP contribution < -0.4 is 0 Å². The lowest BCUT2D eigenvalue weighted by atomic mass is 10.1. The van der Waals surface area contributed by atoms with Gasteiger partial charge in [0.2, 0.25) is 0 Å². The minimum atomic E-state index is 0.312. The van der Waals surface area contributed by atoms with Gasteiger partial charge in [-0.2, -0.15) is 0 Å². The molecule has 0 aliphatic heterocycles. The van der Waals surface area contributed by atoms with Gasteiger partial charge in [0.25, 0.3) is 0 Å². The number of hydrogen-bond acceptors (Lipinski definition) is 1. The molecule has 0 radical (unpaired) electrons. The van der Waals surface area contributed by atoms with Crippen molar-refractivity contribution in [3.63, 3.8) is 0 Å². The van der Waals surface area contributed by atoms with Crippen molar-refractivity contribution < 1.29 is 5.11 Å². The molecule has 0 saturated heterocycles. The Balaban J connectivity index is 2.67. The minimum absolute atomic E-state index is 0.312. The summed E-state index contributed by atoms with van der Waals surface area (Å²) in [4.78, 5) is 0. The van der Waals surface area contributed by atoms with Crippen LogP contribution in [0.4, 0.5) is 0 Å². The molecule has 1 nitrogen and oxygen atoms in total. The summed E-state index contributed by atoms with van der Waals surface area (Å²) in [5, 5.41) is 9.03. The van der Waals surface area contributed by atoms with Crippen molar-refractivity contribution in [3.8, 4) is 5.75 Å². The molecule has 1 aliphatic carbocycles. The van der Waals surface area contributed by atoms with Crippen LogP contribution in [0.2, 0.25) is 0 Å². The number of fused-ring (bicyclic) bond motifs is 1. The first-order valence-electron chi connectivity index (χ1n) is 3.12. The summed E-state index contributed by atoms with van der Waals surface area (Å²) >= 11 is 0. The Labute approximate surface area is 58.9 Å². The second-order valence-electron chi connectivity index (χ2n) is 2.27. The van der Waals surface area contributed by atoms with Crippen molar-refractivity contribution in [3.05, 3.63) is 35.1 Å². The van der Waals surface area contributed by atoms with E-state index in [0.29, 0.717) is 5.75 Å². The Morgan fingerprint density at radius 1 is 1.10 bits per heavy atom. The zero-order chi connectivity index (χ0) is 6.97. The first-order chi connectivity index (χ1) is 4.86. The lowest BCUT2D eigenvalue weighted by Gasteiger charge is -1.95. The molecule has 0 spiro atoms. The van der Waals surface area contributed by atoms with Crippen molar-refractivity contribution in [1.29, 1.82) is 0 Å². The molecule has 2 rings (SSSR count). The molecule has 1 heteroatoms. The summed E-state index contributed by atoms with van der Waals surface area (Å²) in [5.41, 5.74) is 5.12. The molecule has 0 heterocycles. The first kappa shape index (κ1) is 5.33. The summed E-state index contributed by atoms with van der Waals surface area (Å²) in [6.45, 7) is 0. The Bertz CT molecular complexity index is 331. The zero-order valence-corrected chi connectivity index (χ0v) is 5.33. The van der Waals surface area contributed by atoms with Crippen molar-refractivity contribution in [2.45, 2.75) is 0 Å². The molecule has 0 aromatic heterocycles. The van der Waals surface area contributed by atoms with E-state index in [0.717, 1.165) is 11.1 Å². The van der Waals surface area contributed by atoms with Gasteiger partial charge in [-0.25, -0.2) is 0 Å². The minimum Gasteiger partial charge on any atom is -0.508 e. The molecule has 1 aromatic rings. The zero-order valence-electron chi connectivity index (χ0n) is 5.33. The van der Waals surface area contributed by atoms with E-state index in [-0.39, 0.29) is 0 Å². The molecule has 48 valence electrons. The topological polar surface area (TPSA) is 20.2 Å². The summed E-state index contributed by atoms with van der Waals surface area (Å²) in [6.07, 6.45) is 3.75. The van der Waals surface area contributed by atoms with Gasteiger partial charge in [-0.1, -0.05) is 6.07 Å². The third-order valence-electron chi connectivity index (χ3n) is 1.55. The molecular formula is C9H6O. The number of rotatable bonds is 0. The quantitative estimate of drug-likeness (QED) is 0.541. The van der Waals surface area contributed by atoms with E-state index in [1.807, 2.05) is 18.2 Å². The number of phenolic OH excluding ortho intramolecular Hbond substituents is 1. The summed E-state index contributed by atoms with van der Waals surface area (Å²) in [7, 11) is 0. The Hall–Kier alpha value is -1.46. The molecule has 0 amide bonds. The second-order valence-corrected chi connectivity index (χ2v) is 2.27. The maximum atomic E-state index is 9.03. The van der Waals surface area contributed by atoms with Crippen LogP contribution >= 0.6 is 0 Å². The van der Waals surface area contributed by atoms with E-state index in [1.54, 1.807) is 12.1 Å². The molecule has 0 bridgehead atoms. The molecule has 1 aromatic carbocycles. The number of phenols is 1. The van der Waals surface area contributed by atoms with E-state index in [2.05, 4.69) is 5.73 Å². The fourth-order valence-electron chi connectivity index (χ4n) is 1.04. The molecule has 0 fully saturated rings. The first-order valence-corrected chi connectivity index (χ1v) is 3.12. The molecule has 10 heavy (non-hydrogen) atoms. The van der Waals surface area contributed by atoms with Gasteiger partial charge in [0.1, 0.15) is 5.75 Å². The largest absolute Gasteiger partial charge is 0.508 e. The molecule has 0 atom stereocenters. The molecule has 1 aliphatic rings. The maximum Gasteiger partial charge on any atom is 0.116 e. The Kier molecular flexibility index (Phi) is 0.938. The normalized spacial score (nSPS) is 12.0. The summed E-state index contributed by atoms with van der Waals surface area (Å²) in [6, 6.07) is 5.28. The highest BCUT2D eigenvalue weighted by Gasteiger charge is 1.99. The van der Waals surface area contributed by atoms with Crippen LogP contribution in [0.3, 0.4) is 0 Å². The third-order valence-corrected chi connectivity index (χ3v) is 1.55. The standard InChI is InChI=1S/C9H6O/c10-9-5-4-7-2-1-3-8(7)6-9/h2-6,10H. The predicted octanol–water partition coefficient (Wildman–Crippen LogP) is 2.03. The Morgan fingerprint density at radius 2 is 1.90 bits per heavy atom. The number of aromatic hydroxyl groups is 1. The van der Waals surface area contributed by atoms with Gasteiger partial charge in [0.05, 0.1) is 0 Å². The number of hydrogen-bond donors (Lipinski definition) is 1. The van der Waals surface area contributed by atoms with Crippen LogP contribution in [-0.4, -0.2) is 5.11 Å². The second kappa shape index (κ2) is 1.76. The van der Waals surface area contributed by atoms with Crippen molar-refractivity contribution >= 4 is 12.2 Å². The van der Waals surface area contributed by atoms with E-state index >= 15 is 0 Å². The van der Waals surface area contributed by atoms with E-state index in [4.69, 9.17) is 5.11 Å². The van der Waals surface area contributed by atoms with Crippen LogP contribution in [-0.2, 0) is 0 Å². The van der Waals surface area contributed by atoms with Gasteiger partial charge in [-0.3, -0.25) is 0 Å². The Morgan fingerprint density at radius 3 is 2.80 bits per heavy atom. The predicted molar refractivity (Wildman–Crippen MR) is 40.5 cm³/mol. The van der Waals surface area contributed by atoms with E-state index in [9.17, 15) is 0 Å². The van der Waals surface area contributed by atoms with Crippen LogP contribution in [0.5, 0.6) is 5.75 Å². The van der Waals surface area contributed by atoms with Gasteiger partial charge >= 0.3 is 0 Å². The van der Waals surface area contributed by atoms with Crippen LogP contribution in [0.1, 0.15) is 11.1 Å². The number of benzene rings is 1. The lowest BCUT2D eigenvalue weighted by Crippen LogP contribution is -1.74. The smallest absolute Gasteiger partial charge is 0.116 e. The molecule has 0 unspecified atom stereocenters. The average Bonchev–Trinajstić information content (AvgIpc) is 2.33. The van der Waals surface area contributed by atoms with Gasteiger partial charge in [0, 0.05) is 0 Å². The van der Waals surface area contributed by atoms with Crippen molar-refractivity contribution in [2.24, 2.45) is 0 Å². The van der Waals surface area contributed by atoms with Crippen molar-refractivity contribution in [1.82, 2.24) is 0 Å². The van der Waals surface area contributed by atoms with Crippen LogP contribution in [0.15, 0.2) is 23.9 Å².